The Balaban J connectivity index is 2.37. The van der Waals surface area contributed by atoms with Gasteiger partial charge in [-0.15, -0.1) is 0 Å². The molecule has 2 aromatic rings. The molecule has 26 heavy (non-hydrogen) atoms. The third-order valence-electron chi connectivity index (χ3n) is 3.80. The van der Waals surface area contributed by atoms with Gasteiger partial charge < -0.3 is 9.64 Å². The van der Waals surface area contributed by atoms with Crippen LogP contribution < -0.4 is 9.64 Å². The van der Waals surface area contributed by atoms with Gasteiger partial charge in [-0.25, -0.2) is 4.39 Å². The number of rotatable bonds is 5. The highest BCUT2D eigenvalue weighted by Crippen LogP contribution is 2.37. The molecule has 0 aliphatic carbocycles. The molecule has 3 nitrogen and oxygen atoms in total. The maximum atomic E-state index is 14.2. The first-order chi connectivity index (χ1) is 12.1. The maximum Gasteiger partial charge on any atom is 0.419 e. The van der Waals surface area contributed by atoms with Gasteiger partial charge in [-0.3, -0.25) is 4.99 Å². The van der Waals surface area contributed by atoms with Crippen molar-refractivity contribution in [2.45, 2.75) is 26.9 Å². The van der Waals surface area contributed by atoms with Crippen LogP contribution in [0.15, 0.2) is 35.3 Å². The van der Waals surface area contributed by atoms with Crippen LogP contribution in [0.1, 0.15) is 23.6 Å². The van der Waals surface area contributed by atoms with Crippen molar-refractivity contribution in [3.63, 3.8) is 0 Å². The molecule has 7 heteroatoms. The molecule has 2 rings (SSSR count). The van der Waals surface area contributed by atoms with Crippen LogP contribution in [-0.4, -0.2) is 19.9 Å². The summed E-state index contributed by atoms with van der Waals surface area (Å²) in [5.41, 5.74) is 1.01. The molecule has 0 spiro atoms. The lowest BCUT2D eigenvalue weighted by molar-refractivity contribution is -0.140. The number of alkyl halides is 3. The molecule has 0 N–H and O–H groups in total. The number of hydrogen-bond donors (Lipinski definition) is 0. The predicted octanol–water partition coefficient (Wildman–Crippen LogP) is 5.74. The van der Waals surface area contributed by atoms with Gasteiger partial charge in [0.05, 0.1) is 11.9 Å². The van der Waals surface area contributed by atoms with Crippen LogP contribution in [0.3, 0.4) is 0 Å². The monoisotopic (exact) mass is 368 g/mol. The Kier molecular flexibility index (Phi) is 5.90. The summed E-state index contributed by atoms with van der Waals surface area (Å²) < 4.78 is 58.1. The molecule has 0 fully saturated rings. The smallest absolute Gasteiger partial charge is 0.419 e. The number of halogens is 4. The van der Waals surface area contributed by atoms with Crippen molar-refractivity contribution in [2.24, 2.45) is 4.99 Å². The highest BCUT2D eigenvalue weighted by atomic mass is 19.4. The van der Waals surface area contributed by atoms with Crippen LogP contribution in [0.25, 0.3) is 0 Å². The van der Waals surface area contributed by atoms with Crippen molar-refractivity contribution in [3.8, 4) is 11.5 Å². The summed E-state index contributed by atoms with van der Waals surface area (Å²) in [7, 11) is 1.84. The zero-order valence-electron chi connectivity index (χ0n) is 15.0. The number of anilines is 1. The van der Waals surface area contributed by atoms with Crippen LogP contribution >= 0.6 is 0 Å². The third-order valence-corrected chi connectivity index (χ3v) is 3.80. The van der Waals surface area contributed by atoms with Crippen molar-refractivity contribution in [1.82, 2.24) is 0 Å². The van der Waals surface area contributed by atoms with E-state index < -0.39 is 23.3 Å². The quantitative estimate of drug-likeness (QED) is 0.382. The highest BCUT2D eigenvalue weighted by Gasteiger charge is 2.35. The fraction of sp³-hybridized carbons (Fsp3) is 0.316. The van der Waals surface area contributed by atoms with Crippen LogP contribution in [-0.2, 0) is 6.18 Å². The summed E-state index contributed by atoms with van der Waals surface area (Å²) in [5.74, 6) is -1.59. The van der Waals surface area contributed by atoms with Gasteiger partial charge in [0, 0.05) is 19.3 Å². The maximum absolute atomic E-state index is 14.2. The lowest BCUT2D eigenvalue weighted by Gasteiger charge is -2.19. The largest absolute Gasteiger partial charge is 0.454 e. The van der Waals surface area contributed by atoms with Crippen molar-refractivity contribution < 1.29 is 22.3 Å². The summed E-state index contributed by atoms with van der Waals surface area (Å²) in [6, 6.07) is 6.46. The van der Waals surface area contributed by atoms with Gasteiger partial charge in [-0.1, -0.05) is 6.07 Å². The van der Waals surface area contributed by atoms with Gasteiger partial charge in [0.15, 0.2) is 11.6 Å². The van der Waals surface area contributed by atoms with Crippen LogP contribution in [0.4, 0.5) is 23.2 Å². The van der Waals surface area contributed by atoms with Crippen LogP contribution in [0.5, 0.6) is 11.5 Å². The zero-order valence-corrected chi connectivity index (χ0v) is 15.0. The highest BCUT2D eigenvalue weighted by molar-refractivity contribution is 5.80. The van der Waals surface area contributed by atoms with E-state index in [-0.39, 0.29) is 0 Å². The minimum Gasteiger partial charge on any atom is -0.454 e. The van der Waals surface area contributed by atoms with Gasteiger partial charge >= 0.3 is 6.18 Å². The second-order valence-electron chi connectivity index (χ2n) is 5.85. The summed E-state index contributed by atoms with van der Waals surface area (Å²) in [4.78, 5) is 6.00. The predicted molar refractivity (Wildman–Crippen MR) is 94.8 cm³/mol. The Morgan fingerprint density at radius 3 is 2.42 bits per heavy atom. The Morgan fingerprint density at radius 1 is 1.12 bits per heavy atom. The second kappa shape index (κ2) is 7.76. The van der Waals surface area contributed by atoms with E-state index in [1.165, 1.54) is 6.07 Å². The van der Waals surface area contributed by atoms with Crippen LogP contribution in [0.2, 0.25) is 0 Å². The molecule has 0 unspecified atom stereocenters. The number of hydrogen-bond acceptors (Lipinski definition) is 2. The fourth-order valence-corrected chi connectivity index (χ4v) is 2.46. The molecule has 0 saturated carbocycles. The molecule has 0 aliphatic heterocycles. The standard InChI is InChI=1S/C19H20F4N2O/c1-5-24-11-25(4)15-9-13(3)17(10-12(15)2)26-16-8-6-7-14(18(16)20)19(21,22)23/h6-11H,5H2,1-4H3. The topological polar surface area (TPSA) is 24.8 Å². The first kappa shape index (κ1) is 19.8. The fourth-order valence-electron chi connectivity index (χ4n) is 2.46. The van der Waals surface area contributed by atoms with E-state index in [0.29, 0.717) is 23.9 Å². The molecular weight excluding hydrogens is 348 g/mol. The normalized spacial score (nSPS) is 11.8. The molecule has 0 aliphatic rings. The average molecular weight is 368 g/mol. The first-order valence-electron chi connectivity index (χ1n) is 8.02. The number of aliphatic imine (C=N–C) groups is 1. The Hall–Kier alpha value is -2.57. The van der Waals surface area contributed by atoms with Crippen molar-refractivity contribution in [2.75, 3.05) is 18.5 Å². The van der Waals surface area contributed by atoms with E-state index in [9.17, 15) is 17.6 Å². The van der Waals surface area contributed by atoms with Gasteiger partial charge in [0.2, 0.25) is 0 Å². The molecule has 0 amide bonds. The van der Waals surface area contributed by atoms with Gasteiger partial charge in [0.1, 0.15) is 5.75 Å². The average Bonchev–Trinajstić information content (AvgIpc) is 2.56. The van der Waals surface area contributed by atoms with E-state index in [1.807, 2.05) is 31.9 Å². The summed E-state index contributed by atoms with van der Waals surface area (Å²) in [6.45, 7) is 6.15. The third kappa shape index (κ3) is 4.33. The summed E-state index contributed by atoms with van der Waals surface area (Å²) in [5, 5.41) is 0. The summed E-state index contributed by atoms with van der Waals surface area (Å²) >= 11 is 0. The molecule has 140 valence electrons. The summed E-state index contributed by atoms with van der Waals surface area (Å²) in [6.07, 6.45) is -3.09. The number of aryl methyl sites for hydroxylation is 2. The minimum atomic E-state index is -4.78. The lowest BCUT2D eigenvalue weighted by atomic mass is 10.1. The van der Waals surface area contributed by atoms with Crippen molar-refractivity contribution >= 4 is 12.0 Å². The molecular formula is C19H20F4N2O. The van der Waals surface area contributed by atoms with Crippen molar-refractivity contribution in [3.05, 3.63) is 52.8 Å². The number of ether oxygens (including phenoxy) is 1. The number of nitrogens with zero attached hydrogens (tertiary/aromatic N) is 2. The van der Waals surface area contributed by atoms with E-state index in [1.54, 1.807) is 19.3 Å². The van der Waals surface area contributed by atoms with E-state index in [2.05, 4.69) is 4.99 Å². The molecule has 0 radical (unpaired) electrons. The van der Waals surface area contributed by atoms with Crippen LogP contribution in [0, 0.1) is 19.7 Å². The Labute approximate surface area is 149 Å². The molecule has 0 aromatic heterocycles. The van der Waals surface area contributed by atoms with E-state index >= 15 is 0 Å². The second-order valence-corrected chi connectivity index (χ2v) is 5.85. The SMILES string of the molecule is CCN=CN(C)c1cc(C)c(Oc2cccc(C(F)(F)F)c2F)cc1C. The molecule has 0 heterocycles. The van der Waals surface area contributed by atoms with Gasteiger partial charge in [0.25, 0.3) is 0 Å². The Bertz CT molecular complexity index is 816. The number of benzene rings is 2. The van der Waals surface area contributed by atoms with E-state index in [0.717, 1.165) is 17.3 Å². The van der Waals surface area contributed by atoms with Gasteiger partial charge in [-0.05, 0) is 56.2 Å². The Morgan fingerprint density at radius 2 is 1.81 bits per heavy atom. The zero-order chi connectivity index (χ0) is 19.5. The first-order valence-corrected chi connectivity index (χ1v) is 8.02. The minimum absolute atomic E-state index is 0.297. The lowest BCUT2D eigenvalue weighted by Crippen LogP contribution is -2.16. The molecule has 0 atom stereocenters. The van der Waals surface area contributed by atoms with Gasteiger partial charge in [-0.2, -0.15) is 13.2 Å². The van der Waals surface area contributed by atoms with Crippen molar-refractivity contribution in [1.29, 1.82) is 0 Å². The molecule has 0 bridgehead atoms. The molecule has 0 saturated heterocycles. The molecule has 2 aromatic carbocycles. The van der Waals surface area contributed by atoms with E-state index in [4.69, 9.17) is 4.74 Å².